The third kappa shape index (κ3) is 5.70. The van der Waals surface area contributed by atoms with Gasteiger partial charge in [0.25, 0.3) is 0 Å². The number of hydrogen-bond donors (Lipinski definition) is 2. The Balaban J connectivity index is 0.000000165. The van der Waals surface area contributed by atoms with Gasteiger partial charge in [-0.1, -0.05) is 0 Å². The van der Waals surface area contributed by atoms with Crippen molar-refractivity contribution in [1.29, 1.82) is 0 Å². The standard InChI is InChI=1S/C5H10N2S2.C4H9N/c8-5(9)6-7-3-1-2-4-7;1-2-4-5-3-1/h1-4H2,(H2,6,8,9);5H,1-4H2. The van der Waals surface area contributed by atoms with E-state index in [1.165, 1.54) is 38.8 Å². The molecule has 2 saturated heterocycles. The SMILES string of the molecule is C1CC[NH2+]C1.S=C([S-])NN1CCCC1. The number of nitrogens with zero attached hydrogens (tertiary/aromatic N) is 1. The van der Waals surface area contributed by atoms with Crippen LogP contribution in [0, 0.1) is 0 Å². The third-order valence-corrected chi connectivity index (χ3v) is 2.60. The van der Waals surface area contributed by atoms with E-state index in [1.54, 1.807) is 0 Å². The van der Waals surface area contributed by atoms with Crippen LogP contribution < -0.4 is 10.7 Å². The summed E-state index contributed by atoms with van der Waals surface area (Å²) in [6, 6.07) is 0. The number of rotatable bonds is 1. The molecule has 5 heteroatoms. The molecule has 0 spiro atoms. The molecule has 0 radical (unpaired) electrons. The van der Waals surface area contributed by atoms with Crippen LogP contribution >= 0.6 is 12.2 Å². The zero-order valence-corrected chi connectivity index (χ0v) is 10.1. The molecule has 0 aromatic heterocycles. The van der Waals surface area contributed by atoms with Gasteiger partial charge in [-0.25, -0.2) is 5.01 Å². The Morgan fingerprint density at radius 2 is 1.71 bits per heavy atom. The van der Waals surface area contributed by atoms with Gasteiger partial charge in [0.15, 0.2) is 0 Å². The van der Waals surface area contributed by atoms with E-state index in [-0.39, 0.29) is 0 Å². The van der Waals surface area contributed by atoms with Crippen LogP contribution in [0.15, 0.2) is 0 Å². The predicted molar refractivity (Wildman–Crippen MR) is 64.8 cm³/mol. The van der Waals surface area contributed by atoms with E-state index in [9.17, 15) is 0 Å². The lowest BCUT2D eigenvalue weighted by molar-refractivity contribution is -0.635. The lowest BCUT2D eigenvalue weighted by Gasteiger charge is -2.19. The van der Waals surface area contributed by atoms with Crippen molar-refractivity contribution >= 4 is 29.2 Å². The highest BCUT2D eigenvalue weighted by Crippen LogP contribution is 2.02. The van der Waals surface area contributed by atoms with Crippen molar-refractivity contribution in [2.75, 3.05) is 26.2 Å². The van der Waals surface area contributed by atoms with Gasteiger partial charge >= 0.3 is 0 Å². The maximum Gasteiger partial charge on any atom is 0.0757 e. The molecule has 2 rings (SSSR count). The summed E-state index contributed by atoms with van der Waals surface area (Å²) in [6.45, 7) is 4.91. The Kier molecular flexibility index (Phi) is 6.34. The second-order valence-electron chi connectivity index (χ2n) is 3.67. The van der Waals surface area contributed by atoms with Gasteiger partial charge in [0, 0.05) is 25.9 Å². The van der Waals surface area contributed by atoms with Gasteiger partial charge in [-0.05, 0) is 17.2 Å². The van der Waals surface area contributed by atoms with Crippen LogP contribution in [0.3, 0.4) is 0 Å². The van der Waals surface area contributed by atoms with E-state index in [4.69, 9.17) is 24.8 Å². The molecule has 0 saturated carbocycles. The number of nitrogens with two attached hydrogens (primary N) is 1. The first-order chi connectivity index (χ1) is 6.79. The minimum absolute atomic E-state index is 0.455. The van der Waals surface area contributed by atoms with E-state index in [0.29, 0.717) is 4.32 Å². The molecular formula is C9H19N3S2. The molecular weight excluding hydrogens is 214 g/mol. The van der Waals surface area contributed by atoms with Crippen LogP contribution in [0.4, 0.5) is 0 Å². The lowest BCUT2D eigenvalue weighted by Crippen LogP contribution is -2.80. The molecule has 0 aromatic rings. The molecule has 0 atom stereocenters. The number of hydrazine groups is 1. The van der Waals surface area contributed by atoms with E-state index in [2.05, 4.69) is 15.8 Å². The zero-order chi connectivity index (χ0) is 10.2. The fraction of sp³-hybridized carbons (Fsp3) is 0.889. The summed E-state index contributed by atoms with van der Waals surface area (Å²) in [6.07, 6.45) is 5.40. The highest BCUT2D eigenvalue weighted by Gasteiger charge is 2.08. The van der Waals surface area contributed by atoms with Crippen molar-refractivity contribution in [3.63, 3.8) is 0 Å². The molecule has 3 N–H and O–H groups in total. The smallest absolute Gasteiger partial charge is 0.0757 e. The summed E-state index contributed by atoms with van der Waals surface area (Å²) in [5.74, 6) is 0. The van der Waals surface area contributed by atoms with Crippen molar-refractivity contribution in [2.45, 2.75) is 25.7 Å². The van der Waals surface area contributed by atoms with Crippen LogP contribution in [-0.4, -0.2) is 35.5 Å². The fourth-order valence-electron chi connectivity index (χ4n) is 1.68. The van der Waals surface area contributed by atoms with Crippen LogP contribution in [0.25, 0.3) is 0 Å². The van der Waals surface area contributed by atoms with Crippen molar-refractivity contribution in [2.24, 2.45) is 0 Å². The Hall–Kier alpha value is 0.0300. The maximum absolute atomic E-state index is 4.69. The first-order valence-electron chi connectivity index (χ1n) is 5.33. The van der Waals surface area contributed by atoms with Gasteiger partial charge in [-0.2, -0.15) is 0 Å². The number of nitrogens with one attached hydrogen (secondary N) is 1. The van der Waals surface area contributed by atoms with E-state index in [1.807, 2.05) is 0 Å². The summed E-state index contributed by atoms with van der Waals surface area (Å²) in [5, 5.41) is 4.43. The molecule has 0 aromatic carbocycles. The van der Waals surface area contributed by atoms with Gasteiger partial charge in [0.1, 0.15) is 0 Å². The number of quaternary nitrogens is 1. The molecule has 0 aliphatic carbocycles. The summed E-state index contributed by atoms with van der Waals surface area (Å²) >= 11 is 9.39. The van der Waals surface area contributed by atoms with Crippen molar-refractivity contribution < 1.29 is 5.32 Å². The monoisotopic (exact) mass is 233 g/mol. The molecule has 0 bridgehead atoms. The molecule has 2 fully saturated rings. The van der Waals surface area contributed by atoms with Crippen molar-refractivity contribution in [1.82, 2.24) is 10.4 Å². The molecule has 3 nitrogen and oxygen atoms in total. The number of thiocarbonyl (C=S) groups is 1. The van der Waals surface area contributed by atoms with Gasteiger partial charge < -0.3 is 35.6 Å². The van der Waals surface area contributed by atoms with Crippen molar-refractivity contribution in [3.8, 4) is 0 Å². The highest BCUT2D eigenvalue weighted by molar-refractivity contribution is 8.00. The van der Waals surface area contributed by atoms with E-state index in [0.717, 1.165) is 13.1 Å². The number of hydrogen-bond acceptors (Lipinski definition) is 3. The Labute approximate surface area is 97.0 Å². The lowest BCUT2D eigenvalue weighted by atomic mass is 10.4. The zero-order valence-electron chi connectivity index (χ0n) is 8.50. The molecule has 0 amide bonds. The Bertz CT molecular complexity index is 158. The second kappa shape index (κ2) is 7.34. The van der Waals surface area contributed by atoms with Crippen LogP contribution in [0.1, 0.15) is 25.7 Å². The Morgan fingerprint density at radius 1 is 1.14 bits per heavy atom. The van der Waals surface area contributed by atoms with Crippen molar-refractivity contribution in [3.05, 3.63) is 0 Å². The topological polar surface area (TPSA) is 31.9 Å². The third-order valence-electron chi connectivity index (χ3n) is 2.42. The average Bonchev–Trinajstić information content (AvgIpc) is 2.75. The Morgan fingerprint density at radius 3 is 2.07 bits per heavy atom. The van der Waals surface area contributed by atoms with Gasteiger partial charge in [0.05, 0.1) is 13.1 Å². The summed E-state index contributed by atoms with van der Waals surface area (Å²) in [7, 11) is 0. The molecule has 0 unspecified atom stereocenters. The molecule has 14 heavy (non-hydrogen) atoms. The van der Waals surface area contributed by atoms with E-state index >= 15 is 0 Å². The van der Waals surface area contributed by atoms with Crippen LogP contribution in [-0.2, 0) is 12.6 Å². The highest BCUT2D eigenvalue weighted by atomic mass is 32.1. The van der Waals surface area contributed by atoms with Gasteiger partial charge in [-0.3, -0.25) is 0 Å². The minimum atomic E-state index is 0.455. The van der Waals surface area contributed by atoms with Crippen LogP contribution in [0.2, 0.25) is 0 Å². The first kappa shape index (κ1) is 12.1. The first-order valence-corrected chi connectivity index (χ1v) is 6.15. The molecule has 82 valence electrons. The van der Waals surface area contributed by atoms with Gasteiger partial charge in [0.2, 0.25) is 0 Å². The largest absolute Gasteiger partial charge is 0.410 e. The predicted octanol–water partition coefficient (Wildman–Crippen LogP) is -0.238. The second-order valence-corrected chi connectivity index (χ2v) is 4.74. The van der Waals surface area contributed by atoms with Crippen LogP contribution in [0.5, 0.6) is 0 Å². The van der Waals surface area contributed by atoms with Gasteiger partial charge in [-0.15, -0.1) is 0 Å². The quantitative estimate of drug-likeness (QED) is 0.484. The minimum Gasteiger partial charge on any atom is -0.410 e. The summed E-state index contributed by atoms with van der Waals surface area (Å²) < 4.78 is 0.455. The fourth-order valence-corrected chi connectivity index (χ4v) is 1.94. The normalized spacial score (nSPS) is 21.4. The summed E-state index contributed by atoms with van der Waals surface area (Å²) in [4.78, 5) is 0. The van der Waals surface area contributed by atoms with E-state index < -0.39 is 0 Å². The summed E-state index contributed by atoms with van der Waals surface area (Å²) in [5.41, 5.74) is 2.92. The molecule has 2 heterocycles. The maximum atomic E-state index is 4.69. The molecule has 2 aliphatic rings. The average molecular weight is 233 g/mol. The molecule has 2 aliphatic heterocycles.